The number of hydrogen-bond acceptors (Lipinski definition) is 6. The van der Waals surface area contributed by atoms with E-state index in [2.05, 4.69) is 24.1 Å². The lowest BCUT2D eigenvalue weighted by molar-refractivity contribution is -0.0924. The number of ether oxygens (including phenoxy) is 1. The van der Waals surface area contributed by atoms with E-state index in [0.29, 0.717) is 19.0 Å². The Morgan fingerprint density at radius 3 is 2.81 bits per heavy atom. The third kappa shape index (κ3) is 6.00. The molecular weight excluding hydrogens is 290 g/mol. The minimum absolute atomic E-state index is 0.247. The van der Waals surface area contributed by atoms with Crippen LogP contribution in [0.15, 0.2) is 23.5 Å². The molecule has 0 aromatic rings. The summed E-state index contributed by atoms with van der Waals surface area (Å²) in [6.07, 6.45) is 9.58. The smallest absolute Gasteiger partial charge is 0.432 e. The zero-order valence-corrected chi connectivity index (χ0v) is 13.8. The maximum atomic E-state index is 11.7. The number of rotatable bonds is 5. The van der Waals surface area contributed by atoms with Crippen LogP contribution in [0.2, 0.25) is 0 Å². The van der Waals surface area contributed by atoms with Crippen molar-refractivity contribution in [1.82, 2.24) is 10.4 Å². The van der Waals surface area contributed by atoms with Gasteiger partial charge in [-0.05, 0) is 31.8 Å². The highest BCUT2D eigenvalue weighted by Gasteiger charge is 2.25. The van der Waals surface area contributed by atoms with Crippen molar-refractivity contribution in [3.63, 3.8) is 0 Å². The van der Waals surface area contributed by atoms with Crippen molar-refractivity contribution in [2.45, 2.75) is 13.3 Å². The first-order valence-corrected chi connectivity index (χ1v) is 9.66. The molecule has 1 N–H and O–H groups in total. The Bertz CT molecular complexity index is 475. The lowest BCUT2D eigenvalue weighted by atomic mass is 10.2. The molecule has 21 heavy (non-hydrogen) atoms. The van der Waals surface area contributed by atoms with Crippen LogP contribution in [0.3, 0.4) is 0 Å². The average molecular weight is 313 g/mol. The van der Waals surface area contributed by atoms with Gasteiger partial charge in [-0.25, -0.2) is 14.8 Å². The Morgan fingerprint density at radius 1 is 1.52 bits per heavy atom. The molecule has 0 aromatic carbocycles. The quantitative estimate of drug-likeness (QED) is 0.785. The van der Waals surface area contributed by atoms with Crippen molar-refractivity contribution < 1.29 is 14.4 Å². The number of allylic oxidation sites excluding steroid dienone is 2. The molecule has 0 atom stereocenters. The number of carbonyl (C=O) groups is 1. The number of nitrogens with one attached hydrogen (secondary N) is 1. The van der Waals surface area contributed by atoms with Crippen LogP contribution in [-0.4, -0.2) is 49.0 Å². The number of nitrogens with zero attached hydrogens (tertiary/aromatic N) is 2. The van der Waals surface area contributed by atoms with Crippen LogP contribution in [-0.2, 0) is 9.57 Å². The molecule has 1 fully saturated rings. The fourth-order valence-corrected chi connectivity index (χ4v) is 2.23. The second kappa shape index (κ2) is 7.84. The van der Waals surface area contributed by atoms with Crippen LogP contribution in [0.5, 0.6) is 0 Å². The van der Waals surface area contributed by atoms with Gasteiger partial charge < -0.3 is 14.9 Å². The Kier molecular flexibility index (Phi) is 6.43. The van der Waals surface area contributed by atoms with Gasteiger partial charge in [0.1, 0.15) is 13.3 Å². The van der Waals surface area contributed by atoms with Crippen LogP contribution in [0, 0.1) is 11.3 Å². The summed E-state index contributed by atoms with van der Waals surface area (Å²) in [4.78, 5) is 16.9. The predicted octanol–water partition coefficient (Wildman–Crippen LogP) is 2.31. The van der Waals surface area contributed by atoms with Crippen LogP contribution in [0.4, 0.5) is 4.79 Å². The van der Waals surface area contributed by atoms with Crippen molar-refractivity contribution in [3.05, 3.63) is 23.5 Å². The topological polar surface area (TPSA) is 74.6 Å². The SMILES string of the molecule is C/C=C1/NCN(OC(=O)OCCS(C)(C)C)/C1=C/CC#N. The van der Waals surface area contributed by atoms with Crippen LogP contribution in [0.25, 0.3) is 0 Å². The van der Waals surface area contributed by atoms with Gasteiger partial charge in [0.15, 0.2) is 0 Å². The van der Waals surface area contributed by atoms with Gasteiger partial charge >= 0.3 is 6.16 Å². The van der Waals surface area contributed by atoms with Gasteiger partial charge in [0.05, 0.1) is 23.9 Å². The molecule has 0 spiro atoms. The van der Waals surface area contributed by atoms with Crippen molar-refractivity contribution in [3.8, 4) is 6.07 Å². The Labute approximate surface area is 127 Å². The molecule has 0 radical (unpaired) electrons. The highest BCUT2D eigenvalue weighted by Crippen LogP contribution is 2.33. The van der Waals surface area contributed by atoms with Crippen LogP contribution >= 0.6 is 10.0 Å². The summed E-state index contributed by atoms with van der Waals surface area (Å²) in [6, 6.07) is 2.04. The van der Waals surface area contributed by atoms with E-state index >= 15 is 0 Å². The third-order valence-electron chi connectivity index (χ3n) is 2.73. The fraction of sp³-hybridized carbons (Fsp3) is 0.571. The number of nitriles is 1. The summed E-state index contributed by atoms with van der Waals surface area (Å²) in [5, 5.41) is 13.1. The zero-order chi connectivity index (χ0) is 15.9. The first-order valence-electron chi connectivity index (χ1n) is 6.63. The molecule has 0 amide bonds. The monoisotopic (exact) mass is 313 g/mol. The molecule has 118 valence electrons. The van der Waals surface area contributed by atoms with E-state index in [0.717, 1.165) is 11.4 Å². The Morgan fingerprint density at radius 2 is 2.24 bits per heavy atom. The molecule has 0 unspecified atom stereocenters. The van der Waals surface area contributed by atoms with E-state index in [-0.39, 0.29) is 6.42 Å². The van der Waals surface area contributed by atoms with Gasteiger partial charge in [-0.15, -0.1) is 0 Å². The minimum Gasteiger partial charge on any atom is -0.432 e. The van der Waals surface area contributed by atoms with Crippen LogP contribution in [0.1, 0.15) is 13.3 Å². The summed E-state index contributed by atoms with van der Waals surface area (Å²) in [6.45, 7) is 2.57. The van der Waals surface area contributed by atoms with Gasteiger partial charge in [-0.3, -0.25) is 0 Å². The average Bonchev–Trinajstić information content (AvgIpc) is 2.76. The Hall–Kier alpha value is -1.81. The van der Waals surface area contributed by atoms with Crippen molar-refractivity contribution in [2.24, 2.45) is 0 Å². The van der Waals surface area contributed by atoms with E-state index < -0.39 is 16.2 Å². The fourth-order valence-electron chi connectivity index (χ4n) is 1.64. The molecule has 7 heteroatoms. The standard InChI is InChI=1S/C14H23N3O3S/c1-5-12-13(7-6-8-15)17(11-16-12)20-14(18)19-9-10-21(2,3)4/h5,7,16H,6,9-11H2,1-4H3/b12-5+,13-7+. The lowest BCUT2D eigenvalue weighted by Crippen LogP contribution is -2.26. The molecule has 0 bridgehead atoms. The number of hydrogen-bond donors (Lipinski definition) is 1. The highest BCUT2D eigenvalue weighted by atomic mass is 32.3. The van der Waals surface area contributed by atoms with Gasteiger partial charge in [0, 0.05) is 5.75 Å². The summed E-state index contributed by atoms with van der Waals surface area (Å²) < 4.78 is 5.08. The molecule has 1 heterocycles. The van der Waals surface area contributed by atoms with Crippen molar-refractivity contribution in [1.29, 1.82) is 5.26 Å². The maximum absolute atomic E-state index is 11.7. The van der Waals surface area contributed by atoms with Gasteiger partial charge in [-0.1, -0.05) is 6.08 Å². The summed E-state index contributed by atoms with van der Waals surface area (Å²) in [5.41, 5.74) is 1.51. The normalized spacial score (nSPS) is 19.3. The predicted molar refractivity (Wildman–Crippen MR) is 84.6 cm³/mol. The molecule has 1 aliphatic rings. The molecule has 0 saturated carbocycles. The zero-order valence-electron chi connectivity index (χ0n) is 13.0. The minimum atomic E-state index is -0.722. The van der Waals surface area contributed by atoms with Gasteiger partial charge in [0.25, 0.3) is 0 Å². The van der Waals surface area contributed by atoms with E-state index in [9.17, 15) is 4.79 Å². The number of carbonyl (C=O) groups excluding carboxylic acids is 1. The summed E-state index contributed by atoms with van der Waals surface area (Å²) in [7, 11) is -0.698. The van der Waals surface area contributed by atoms with E-state index in [1.807, 2.05) is 19.1 Å². The van der Waals surface area contributed by atoms with E-state index in [1.165, 1.54) is 5.06 Å². The molecule has 6 nitrogen and oxygen atoms in total. The van der Waals surface area contributed by atoms with Gasteiger partial charge in [-0.2, -0.15) is 10.3 Å². The van der Waals surface area contributed by atoms with E-state index in [4.69, 9.17) is 14.8 Å². The summed E-state index contributed by atoms with van der Waals surface area (Å²) >= 11 is 0. The number of hydroxylamine groups is 2. The highest BCUT2D eigenvalue weighted by molar-refractivity contribution is 8.32. The maximum Gasteiger partial charge on any atom is 0.533 e. The molecule has 0 aromatic heterocycles. The van der Waals surface area contributed by atoms with Crippen molar-refractivity contribution >= 4 is 16.2 Å². The first kappa shape index (κ1) is 17.2. The molecular formula is C14H23N3O3S. The van der Waals surface area contributed by atoms with Crippen molar-refractivity contribution in [2.75, 3.05) is 37.8 Å². The summed E-state index contributed by atoms with van der Waals surface area (Å²) in [5.74, 6) is 0.845. The molecule has 1 saturated heterocycles. The second-order valence-electron chi connectivity index (χ2n) is 5.35. The third-order valence-corrected chi connectivity index (χ3v) is 4.12. The van der Waals surface area contributed by atoms with E-state index in [1.54, 1.807) is 6.08 Å². The molecule has 1 rings (SSSR count). The largest absolute Gasteiger partial charge is 0.533 e. The first-order chi connectivity index (χ1) is 9.87. The van der Waals surface area contributed by atoms with Gasteiger partial charge in [0.2, 0.25) is 0 Å². The molecule has 0 aliphatic carbocycles. The molecule has 1 aliphatic heterocycles. The van der Waals surface area contributed by atoms with Crippen LogP contribution < -0.4 is 5.32 Å². The second-order valence-corrected chi connectivity index (χ2v) is 9.94. The lowest BCUT2D eigenvalue weighted by Gasteiger charge is -2.24. The Balaban J connectivity index is 2.53.